The Kier molecular flexibility index (Phi) is 3.36. The maximum atomic E-state index is 11.6. The van der Waals surface area contributed by atoms with Crippen LogP contribution in [-0.2, 0) is 4.79 Å². The van der Waals surface area contributed by atoms with Crippen LogP contribution in [0.1, 0.15) is 48.0 Å². The quantitative estimate of drug-likeness (QED) is 0.588. The predicted molar refractivity (Wildman–Crippen MR) is 59.1 cm³/mol. The van der Waals surface area contributed by atoms with Crippen molar-refractivity contribution in [3.05, 3.63) is 11.6 Å². The Bertz CT molecular complexity index is 424. The van der Waals surface area contributed by atoms with E-state index in [4.69, 9.17) is 5.73 Å². The number of aromatic amines is 1. The lowest BCUT2D eigenvalue weighted by atomic mass is 10.3. The van der Waals surface area contributed by atoms with Crippen molar-refractivity contribution in [3.63, 3.8) is 0 Å². The molecular formula is C10H15N5O2. The smallest absolute Gasteiger partial charge is 0.290 e. The minimum absolute atomic E-state index is 0.158. The summed E-state index contributed by atoms with van der Waals surface area (Å²) in [7, 11) is 0. The van der Waals surface area contributed by atoms with E-state index >= 15 is 0 Å². The van der Waals surface area contributed by atoms with Gasteiger partial charge in [-0.2, -0.15) is 0 Å². The first-order valence-corrected chi connectivity index (χ1v) is 5.65. The number of hydrogen-bond acceptors (Lipinski definition) is 4. The summed E-state index contributed by atoms with van der Waals surface area (Å²) in [6.45, 7) is 0.398. The molecule has 0 aliphatic heterocycles. The third kappa shape index (κ3) is 3.27. The van der Waals surface area contributed by atoms with Gasteiger partial charge in [0.15, 0.2) is 0 Å². The molecule has 1 aliphatic carbocycles. The molecule has 1 aromatic heterocycles. The lowest BCUT2D eigenvalue weighted by molar-refractivity contribution is -0.118. The van der Waals surface area contributed by atoms with Gasteiger partial charge in [0, 0.05) is 18.9 Å². The molecule has 1 fully saturated rings. The fourth-order valence-electron chi connectivity index (χ4n) is 1.46. The van der Waals surface area contributed by atoms with E-state index in [1.165, 1.54) is 0 Å². The van der Waals surface area contributed by atoms with Gasteiger partial charge >= 0.3 is 0 Å². The second-order valence-electron chi connectivity index (χ2n) is 4.14. The molecule has 2 rings (SSSR count). The van der Waals surface area contributed by atoms with Gasteiger partial charge in [-0.05, 0) is 19.3 Å². The number of primary amides is 1. The number of H-pyrrole nitrogens is 1. The molecule has 0 spiro atoms. The number of amides is 2. The number of carbonyl (C=O) groups is 2. The SMILES string of the molecule is NC(=O)CCCNC(=O)c1n[nH]c(C2CC2)n1. The van der Waals surface area contributed by atoms with Crippen molar-refractivity contribution >= 4 is 11.8 Å². The van der Waals surface area contributed by atoms with Crippen molar-refractivity contribution in [3.8, 4) is 0 Å². The summed E-state index contributed by atoms with van der Waals surface area (Å²) >= 11 is 0. The molecule has 4 N–H and O–H groups in total. The van der Waals surface area contributed by atoms with Gasteiger partial charge in [0.1, 0.15) is 5.82 Å². The zero-order valence-corrected chi connectivity index (χ0v) is 9.40. The van der Waals surface area contributed by atoms with Gasteiger partial charge < -0.3 is 11.1 Å². The molecule has 0 saturated heterocycles. The number of aromatic nitrogens is 3. The molecule has 0 unspecified atom stereocenters. The molecule has 7 nitrogen and oxygen atoms in total. The lowest BCUT2D eigenvalue weighted by Gasteiger charge is -2.00. The van der Waals surface area contributed by atoms with Gasteiger partial charge in [0.2, 0.25) is 11.7 Å². The van der Waals surface area contributed by atoms with Crippen molar-refractivity contribution in [1.29, 1.82) is 0 Å². The van der Waals surface area contributed by atoms with Crippen LogP contribution in [0.5, 0.6) is 0 Å². The Morgan fingerprint density at radius 1 is 1.47 bits per heavy atom. The Morgan fingerprint density at radius 2 is 2.24 bits per heavy atom. The van der Waals surface area contributed by atoms with Crippen molar-refractivity contribution in [2.45, 2.75) is 31.6 Å². The van der Waals surface area contributed by atoms with E-state index in [2.05, 4.69) is 20.5 Å². The molecule has 1 heterocycles. The molecule has 7 heteroatoms. The van der Waals surface area contributed by atoms with Crippen LogP contribution in [0, 0.1) is 0 Å². The van der Waals surface area contributed by atoms with E-state index in [1.54, 1.807) is 0 Å². The second kappa shape index (κ2) is 4.94. The van der Waals surface area contributed by atoms with E-state index in [-0.39, 0.29) is 24.1 Å². The predicted octanol–water partition coefficient (Wildman–Crippen LogP) is -0.323. The van der Waals surface area contributed by atoms with Crippen molar-refractivity contribution in [2.24, 2.45) is 5.73 Å². The van der Waals surface area contributed by atoms with Gasteiger partial charge in [0.25, 0.3) is 5.91 Å². The summed E-state index contributed by atoms with van der Waals surface area (Å²) < 4.78 is 0. The number of carbonyl (C=O) groups excluding carboxylic acids is 2. The molecule has 1 saturated carbocycles. The van der Waals surface area contributed by atoms with Crippen LogP contribution in [0.3, 0.4) is 0 Å². The molecule has 92 valence electrons. The Labute approximate surface area is 98.2 Å². The van der Waals surface area contributed by atoms with E-state index in [0.29, 0.717) is 18.9 Å². The normalized spacial score (nSPS) is 14.6. The second-order valence-corrected chi connectivity index (χ2v) is 4.14. The van der Waals surface area contributed by atoms with Gasteiger partial charge in [0.05, 0.1) is 0 Å². The molecule has 0 atom stereocenters. The van der Waals surface area contributed by atoms with Gasteiger partial charge in [-0.3, -0.25) is 14.7 Å². The van der Waals surface area contributed by atoms with E-state index < -0.39 is 0 Å². The highest BCUT2D eigenvalue weighted by Gasteiger charge is 2.28. The average molecular weight is 237 g/mol. The first kappa shape index (κ1) is 11.6. The zero-order valence-electron chi connectivity index (χ0n) is 9.40. The van der Waals surface area contributed by atoms with Crippen LogP contribution < -0.4 is 11.1 Å². The molecule has 0 bridgehead atoms. The third-order valence-electron chi connectivity index (χ3n) is 2.56. The van der Waals surface area contributed by atoms with Crippen LogP contribution in [0.25, 0.3) is 0 Å². The largest absolute Gasteiger partial charge is 0.370 e. The summed E-state index contributed by atoms with van der Waals surface area (Å²) in [5.41, 5.74) is 4.98. The maximum absolute atomic E-state index is 11.6. The maximum Gasteiger partial charge on any atom is 0.290 e. The first-order chi connectivity index (χ1) is 8.16. The van der Waals surface area contributed by atoms with Crippen molar-refractivity contribution in [2.75, 3.05) is 6.54 Å². The molecule has 2 amide bonds. The fourth-order valence-corrected chi connectivity index (χ4v) is 1.46. The minimum atomic E-state index is -0.367. The number of nitrogens with two attached hydrogens (primary N) is 1. The topological polar surface area (TPSA) is 114 Å². The standard InChI is InChI=1S/C10H15N5O2/c11-7(16)2-1-5-12-10(17)9-13-8(14-15-9)6-3-4-6/h6H,1-5H2,(H2,11,16)(H,12,17)(H,13,14,15). The number of nitrogens with one attached hydrogen (secondary N) is 2. The summed E-state index contributed by atoms with van der Waals surface area (Å²) in [5, 5.41) is 9.25. The fraction of sp³-hybridized carbons (Fsp3) is 0.600. The summed E-state index contributed by atoms with van der Waals surface area (Å²) in [6, 6.07) is 0. The van der Waals surface area contributed by atoms with E-state index in [0.717, 1.165) is 18.7 Å². The molecule has 1 aromatic rings. The Morgan fingerprint density at radius 3 is 2.88 bits per heavy atom. The molecule has 0 radical (unpaired) electrons. The number of rotatable bonds is 6. The van der Waals surface area contributed by atoms with Crippen LogP contribution in [0.4, 0.5) is 0 Å². The summed E-state index contributed by atoms with van der Waals surface area (Å²) in [4.78, 5) is 26.2. The van der Waals surface area contributed by atoms with Crippen LogP contribution in [-0.4, -0.2) is 33.5 Å². The van der Waals surface area contributed by atoms with Crippen LogP contribution in [0.15, 0.2) is 0 Å². The summed E-state index contributed by atoms with van der Waals surface area (Å²) in [5.74, 6) is 0.697. The Balaban J connectivity index is 1.76. The molecule has 17 heavy (non-hydrogen) atoms. The highest BCUT2D eigenvalue weighted by atomic mass is 16.2. The zero-order chi connectivity index (χ0) is 12.3. The van der Waals surface area contributed by atoms with Crippen LogP contribution >= 0.6 is 0 Å². The van der Waals surface area contributed by atoms with Gasteiger partial charge in [-0.25, -0.2) is 4.98 Å². The van der Waals surface area contributed by atoms with E-state index in [9.17, 15) is 9.59 Å². The van der Waals surface area contributed by atoms with Crippen molar-refractivity contribution < 1.29 is 9.59 Å². The monoisotopic (exact) mass is 237 g/mol. The summed E-state index contributed by atoms with van der Waals surface area (Å²) in [6.07, 6.45) is 3.01. The van der Waals surface area contributed by atoms with Crippen LogP contribution in [0.2, 0.25) is 0 Å². The van der Waals surface area contributed by atoms with Crippen molar-refractivity contribution in [1.82, 2.24) is 20.5 Å². The first-order valence-electron chi connectivity index (χ1n) is 5.65. The Hall–Kier alpha value is -1.92. The number of nitrogens with zero attached hydrogens (tertiary/aromatic N) is 2. The third-order valence-corrected chi connectivity index (χ3v) is 2.56. The van der Waals surface area contributed by atoms with Gasteiger partial charge in [-0.1, -0.05) is 0 Å². The molecular weight excluding hydrogens is 222 g/mol. The van der Waals surface area contributed by atoms with E-state index in [1.807, 2.05) is 0 Å². The highest BCUT2D eigenvalue weighted by Crippen LogP contribution is 2.37. The average Bonchev–Trinajstić information content (AvgIpc) is 3.02. The molecule has 0 aromatic carbocycles. The lowest BCUT2D eigenvalue weighted by Crippen LogP contribution is -2.26. The minimum Gasteiger partial charge on any atom is -0.370 e. The van der Waals surface area contributed by atoms with Gasteiger partial charge in [-0.15, -0.1) is 5.10 Å². The molecule has 1 aliphatic rings. The highest BCUT2D eigenvalue weighted by molar-refractivity contribution is 5.90. The number of hydrogen-bond donors (Lipinski definition) is 3.